The third kappa shape index (κ3) is 2.41. The van der Waals surface area contributed by atoms with E-state index in [-0.39, 0.29) is 5.52 Å². The Morgan fingerprint density at radius 2 is 1.55 bits per heavy atom. The number of benzene rings is 1. The lowest BCUT2D eigenvalue weighted by Crippen LogP contribution is -2.16. The summed E-state index contributed by atoms with van der Waals surface area (Å²) in [4.78, 5) is 13.5. The summed E-state index contributed by atoms with van der Waals surface area (Å²) < 4.78 is 10.9. The van der Waals surface area contributed by atoms with Crippen molar-refractivity contribution in [2.24, 2.45) is 0 Å². The van der Waals surface area contributed by atoms with E-state index in [0.29, 0.717) is 28.4 Å². The standard InChI is InChI=1S/C17H23O3PS/c1-19-14-8-5-9-15(20-2)16(14)17(18)21(22)12-6-3-4-7-13(21)11-10-12/h5,8-9,12-13H,3-4,6-7,10-11H2,1-2H3. The number of carbonyl (C=O) groups excluding carboxylic acids is 1. The predicted molar refractivity (Wildman–Crippen MR) is 93.4 cm³/mol. The first-order valence-corrected chi connectivity index (χ1v) is 10.9. The molecule has 0 amide bonds. The van der Waals surface area contributed by atoms with Crippen LogP contribution in [0.2, 0.25) is 0 Å². The van der Waals surface area contributed by atoms with Gasteiger partial charge in [0.05, 0.1) is 14.2 Å². The zero-order chi connectivity index (χ0) is 15.7. The van der Waals surface area contributed by atoms with Crippen LogP contribution in [-0.2, 0) is 11.8 Å². The molecule has 3 nitrogen and oxygen atoms in total. The van der Waals surface area contributed by atoms with Gasteiger partial charge in [0.25, 0.3) is 0 Å². The largest absolute Gasteiger partial charge is 0.496 e. The number of carbonyl (C=O) groups is 1. The van der Waals surface area contributed by atoms with Gasteiger partial charge in [-0.25, -0.2) is 0 Å². The van der Waals surface area contributed by atoms with Gasteiger partial charge in [0.15, 0.2) is 0 Å². The van der Waals surface area contributed by atoms with Crippen molar-refractivity contribution in [1.29, 1.82) is 0 Å². The first-order valence-electron chi connectivity index (χ1n) is 7.98. The van der Waals surface area contributed by atoms with E-state index in [0.717, 1.165) is 25.7 Å². The molecule has 2 saturated heterocycles. The van der Waals surface area contributed by atoms with E-state index >= 15 is 0 Å². The molecule has 1 aromatic rings. The highest BCUT2D eigenvalue weighted by Gasteiger charge is 2.48. The van der Waals surface area contributed by atoms with Crippen LogP contribution < -0.4 is 9.47 Å². The molecule has 3 rings (SSSR count). The van der Waals surface area contributed by atoms with Gasteiger partial charge in [-0.05, 0) is 49.1 Å². The molecule has 2 bridgehead atoms. The second kappa shape index (κ2) is 6.33. The summed E-state index contributed by atoms with van der Waals surface area (Å²) in [5.74, 6) is 1.19. The molecule has 0 radical (unpaired) electrons. The number of hydrogen-bond donors (Lipinski definition) is 0. The van der Waals surface area contributed by atoms with Crippen molar-refractivity contribution in [3.05, 3.63) is 23.8 Å². The molecule has 5 heteroatoms. The predicted octanol–water partition coefficient (Wildman–Crippen LogP) is 4.43. The molecule has 2 aliphatic heterocycles. The normalized spacial score (nSPS) is 30.6. The van der Waals surface area contributed by atoms with Crippen molar-refractivity contribution in [2.75, 3.05) is 14.2 Å². The number of rotatable bonds is 4. The summed E-state index contributed by atoms with van der Waals surface area (Å²) in [5.41, 5.74) is 1.58. The Labute approximate surface area is 137 Å². The van der Waals surface area contributed by atoms with Crippen LogP contribution in [0.3, 0.4) is 0 Å². The molecule has 0 saturated carbocycles. The van der Waals surface area contributed by atoms with Crippen LogP contribution in [0, 0.1) is 0 Å². The van der Waals surface area contributed by atoms with Crippen molar-refractivity contribution in [3.8, 4) is 11.5 Å². The smallest absolute Gasteiger partial charge is 0.201 e. The minimum absolute atomic E-state index is 0.145. The van der Waals surface area contributed by atoms with Crippen LogP contribution in [-0.4, -0.2) is 31.1 Å². The Balaban J connectivity index is 2.09. The molecular formula is C17H23O3PS. The maximum absolute atomic E-state index is 13.5. The van der Waals surface area contributed by atoms with Crippen molar-refractivity contribution >= 4 is 23.4 Å². The third-order valence-corrected chi connectivity index (χ3v) is 11.5. The van der Waals surface area contributed by atoms with E-state index in [1.165, 1.54) is 12.8 Å². The Morgan fingerprint density at radius 3 is 2.00 bits per heavy atom. The van der Waals surface area contributed by atoms with Gasteiger partial charge in [0.1, 0.15) is 17.1 Å². The number of hydrogen-bond acceptors (Lipinski definition) is 4. The fourth-order valence-corrected chi connectivity index (χ4v) is 9.63. The minimum Gasteiger partial charge on any atom is -0.496 e. The van der Waals surface area contributed by atoms with Crippen LogP contribution >= 0.6 is 6.04 Å². The van der Waals surface area contributed by atoms with Crippen LogP contribution in [0.25, 0.3) is 0 Å². The van der Waals surface area contributed by atoms with Crippen molar-refractivity contribution < 1.29 is 14.3 Å². The van der Waals surface area contributed by atoms with Crippen LogP contribution in [0.1, 0.15) is 48.9 Å². The first kappa shape index (κ1) is 16.0. The molecular weight excluding hydrogens is 315 g/mol. The van der Waals surface area contributed by atoms with Gasteiger partial charge in [0, 0.05) is 6.04 Å². The zero-order valence-corrected chi connectivity index (χ0v) is 14.9. The van der Waals surface area contributed by atoms with E-state index < -0.39 is 6.04 Å². The first-order chi connectivity index (χ1) is 10.6. The molecule has 1 aromatic carbocycles. The van der Waals surface area contributed by atoms with Gasteiger partial charge in [-0.2, -0.15) is 0 Å². The highest BCUT2D eigenvalue weighted by molar-refractivity contribution is 8.23. The lowest BCUT2D eigenvalue weighted by molar-refractivity contribution is 0.107. The van der Waals surface area contributed by atoms with Crippen molar-refractivity contribution in [3.63, 3.8) is 0 Å². The molecule has 0 aliphatic carbocycles. The quantitative estimate of drug-likeness (QED) is 0.761. The summed E-state index contributed by atoms with van der Waals surface area (Å²) in [6, 6.07) is 3.43. The van der Waals surface area contributed by atoms with Crippen molar-refractivity contribution in [2.45, 2.75) is 49.8 Å². The minimum atomic E-state index is -2.09. The summed E-state index contributed by atoms with van der Waals surface area (Å²) in [7, 11) is 3.20. The second-order valence-corrected chi connectivity index (χ2v) is 11.3. The summed E-state index contributed by atoms with van der Waals surface area (Å²) in [6.45, 7) is 0. The van der Waals surface area contributed by atoms with Gasteiger partial charge < -0.3 is 9.47 Å². The average molecular weight is 338 g/mol. The van der Waals surface area contributed by atoms with Crippen molar-refractivity contribution in [1.82, 2.24) is 0 Å². The van der Waals surface area contributed by atoms with Crippen LogP contribution in [0.5, 0.6) is 11.5 Å². The number of fused-ring (bicyclic) bond motifs is 2. The van der Waals surface area contributed by atoms with Crippen LogP contribution in [0.15, 0.2) is 18.2 Å². The molecule has 0 N–H and O–H groups in total. The molecule has 22 heavy (non-hydrogen) atoms. The van der Waals surface area contributed by atoms with E-state index in [4.69, 9.17) is 21.3 Å². The summed E-state index contributed by atoms with van der Waals surface area (Å²) in [5, 5.41) is 0. The van der Waals surface area contributed by atoms with E-state index in [2.05, 4.69) is 0 Å². The van der Waals surface area contributed by atoms with Gasteiger partial charge >= 0.3 is 0 Å². The Hall–Kier alpha value is -0.860. The Kier molecular flexibility index (Phi) is 4.61. The highest BCUT2D eigenvalue weighted by atomic mass is 32.4. The second-order valence-electron chi connectivity index (χ2n) is 6.22. The number of ether oxygens (including phenoxy) is 2. The fourth-order valence-electron chi connectivity index (χ4n) is 4.07. The highest BCUT2D eigenvalue weighted by Crippen LogP contribution is 2.69. The van der Waals surface area contributed by atoms with E-state index in [1.807, 2.05) is 18.2 Å². The fraction of sp³-hybridized carbons (Fsp3) is 0.588. The van der Waals surface area contributed by atoms with Crippen LogP contribution in [0.4, 0.5) is 0 Å². The maximum atomic E-state index is 13.5. The molecule has 2 unspecified atom stereocenters. The monoisotopic (exact) mass is 338 g/mol. The molecule has 0 spiro atoms. The van der Waals surface area contributed by atoms with Gasteiger partial charge in [-0.15, -0.1) is 0 Å². The van der Waals surface area contributed by atoms with Gasteiger partial charge in [-0.3, -0.25) is 4.79 Å². The van der Waals surface area contributed by atoms with E-state index in [1.54, 1.807) is 14.2 Å². The Bertz CT molecular complexity index is 588. The Morgan fingerprint density at radius 1 is 1.05 bits per heavy atom. The molecule has 2 fully saturated rings. The topological polar surface area (TPSA) is 35.5 Å². The lowest BCUT2D eigenvalue weighted by Gasteiger charge is -2.27. The molecule has 120 valence electrons. The molecule has 0 aromatic heterocycles. The molecule has 2 aliphatic rings. The third-order valence-electron chi connectivity index (χ3n) is 5.20. The van der Waals surface area contributed by atoms with Gasteiger partial charge in [-0.1, -0.05) is 30.7 Å². The molecule has 2 heterocycles. The lowest BCUT2D eigenvalue weighted by atomic mass is 10.0. The maximum Gasteiger partial charge on any atom is 0.201 e. The zero-order valence-electron chi connectivity index (χ0n) is 13.2. The summed E-state index contributed by atoms with van der Waals surface area (Å²) in [6.07, 6.45) is 6.94. The molecule has 2 atom stereocenters. The SMILES string of the molecule is COc1cccc(OC)c1C(=O)P1(=S)C2CCCCC1CC2. The summed E-state index contributed by atoms with van der Waals surface area (Å²) >= 11 is 6.12. The average Bonchev–Trinajstić information content (AvgIpc) is 2.74. The van der Waals surface area contributed by atoms with Gasteiger partial charge in [0.2, 0.25) is 5.52 Å². The number of methoxy groups -OCH3 is 2. The van der Waals surface area contributed by atoms with E-state index in [9.17, 15) is 4.79 Å².